The number of anilines is 1. The number of esters is 1. The molecule has 3 aliphatic rings. The summed E-state index contributed by atoms with van der Waals surface area (Å²) >= 11 is 7.64. The summed E-state index contributed by atoms with van der Waals surface area (Å²) in [6.45, 7) is 2.08. The first-order chi connectivity index (χ1) is 27.0. The van der Waals surface area contributed by atoms with Crippen LogP contribution in [0.2, 0.25) is 5.15 Å². The molecule has 10 rings (SSSR count). The first kappa shape index (κ1) is 35.1. The molecule has 2 bridgehead atoms. The highest BCUT2D eigenvalue weighted by atomic mass is 35.5. The van der Waals surface area contributed by atoms with E-state index in [-0.39, 0.29) is 52.9 Å². The van der Waals surface area contributed by atoms with Gasteiger partial charge in [0.05, 0.1) is 35.4 Å². The third kappa shape index (κ3) is 6.04. The van der Waals surface area contributed by atoms with Gasteiger partial charge in [-0.2, -0.15) is 0 Å². The maximum Gasteiger partial charge on any atom is 0.311 e. The van der Waals surface area contributed by atoms with Crippen LogP contribution in [0.1, 0.15) is 49.3 Å². The molecule has 0 aliphatic heterocycles. The second-order valence-corrected chi connectivity index (χ2v) is 15.2. The van der Waals surface area contributed by atoms with Gasteiger partial charge in [-0.3, -0.25) is 4.79 Å². The monoisotopic (exact) mass is 770 g/mol. The highest BCUT2D eigenvalue weighted by molar-refractivity contribution is 7.09. The molecule has 4 aromatic heterocycles. The molecule has 0 radical (unpaired) electrons. The van der Waals surface area contributed by atoms with E-state index in [1.54, 1.807) is 6.92 Å². The molecule has 3 aromatic carbocycles. The molecule has 3 fully saturated rings. The second-order valence-electron chi connectivity index (χ2n) is 14.0. The number of carbonyl (C=O) groups is 1. The lowest BCUT2D eigenvalue weighted by atomic mass is 9.61. The number of nitrogens with one attached hydrogen (secondary N) is 1. The van der Waals surface area contributed by atoms with Gasteiger partial charge in [-0.25, -0.2) is 24.3 Å². The summed E-state index contributed by atoms with van der Waals surface area (Å²) in [5.41, 5.74) is 3.45. The normalized spacial score (nSPS) is 19.4. The van der Waals surface area contributed by atoms with Crippen LogP contribution in [0.5, 0.6) is 0 Å². The van der Waals surface area contributed by atoms with Gasteiger partial charge in [0.15, 0.2) is 23.1 Å². The molecule has 4 heterocycles. The lowest BCUT2D eigenvalue weighted by molar-refractivity contribution is -0.154. The third-order valence-corrected chi connectivity index (χ3v) is 12.0. The van der Waals surface area contributed by atoms with E-state index in [4.69, 9.17) is 36.3 Å². The first-order valence-corrected chi connectivity index (χ1v) is 19.6. The SMILES string of the molecule is CCOC(=O)[C@@H]1C2CCC(CC2)[C@H]1Nc1nc(-c2cn(C(c3ccccc3)(c3ccccc3)c3ccccc3)c3ncc(Cl)nc23)nc(-c2cnns2)c1F. The van der Waals surface area contributed by atoms with Crippen LogP contribution in [0.4, 0.5) is 10.2 Å². The Hall–Kier alpha value is -5.59. The van der Waals surface area contributed by atoms with Crippen molar-refractivity contribution in [3.05, 3.63) is 137 Å². The molecule has 0 amide bonds. The van der Waals surface area contributed by atoms with Crippen molar-refractivity contribution in [1.82, 2.24) is 34.1 Å². The number of hydrogen-bond donors (Lipinski definition) is 1. The van der Waals surface area contributed by atoms with Crippen LogP contribution in [0.25, 0.3) is 33.1 Å². The minimum absolute atomic E-state index is 0.0171. The van der Waals surface area contributed by atoms with Crippen LogP contribution in [0.3, 0.4) is 0 Å². The quantitative estimate of drug-likeness (QED) is 0.107. The van der Waals surface area contributed by atoms with Crippen molar-refractivity contribution < 1.29 is 13.9 Å². The molecule has 7 aromatic rings. The molecular formula is C42H36ClFN8O2S. The zero-order chi connectivity index (χ0) is 37.5. The van der Waals surface area contributed by atoms with Crippen LogP contribution in [0.15, 0.2) is 110 Å². The fourth-order valence-corrected chi connectivity index (χ4v) is 9.47. The predicted octanol–water partition coefficient (Wildman–Crippen LogP) is 8.82. The minimum atomic E-state index is -0.956. The fraction of sp³-hybridized carbons (Fsp3) is 0.262. The summed E-state index contributed by atoms with van der Waals surface area (Å²) in [6, 6.07) is 30.3. The highest BCUT2D eigenvalue weighted by Crippen LogP contribution is 2.48. The predicted molar refractivity (Wildman–Crippen MR) is 210 cm³/mol. The molecule has 55 heavy (non-hydrogen) atoms. The molecule has 276 valence electrons. The number of carbonyl (C=O) groups excluding carboxylic acids is 1. The summed E-state index contributed by atoms with van der Waals surface area (Å²) in [5, 5.41) is 7.59. The van der Waals surface area contributed by atoms with E-state index in [0.29, 0.717) is 21.6 Å². The van der Waals surface area contributed by atoms with E-state index in [0.717, 1.165) is 53.9 Å². The first-order valence-electron chi connectivity index (χ1n) is 18.5. The number of fused-ring (bicyclic) bond motifs is 4. The van der Waals surface area contributed by atoms with E-state index < -0.39 is 17.3 Å². The standard InChI is InChI=1S/C42H36ClFN8O2S/c1-2-54-41(53)33-25-18-20-26(21-19-25)35(33)48-39-34(44)37(31-22-46-51-55-31)49-38(50-39)30-24-52(40-36(30)47-32(43)23-45-40)42(27-12-6-3-7-13-27,28-14-8-4-9-15-28)29-16-10-5-11-17-29/h3-17,22-26,33,35H,2,18-21H2,1H3,(H,48,49,50)/t25?,26?,33-,35-/m1/s1. The van der Waals surface area contributed by atoms with Crippen molar-refractivity contribution in [1.29, 1.82) is 0 Å². The highest BCUT2D eigenvalue weighted by Gasteiger charge is 2.48. The van der Waals surface area contributed by atoms with E-state index in [9.17, 15) is 4.79 Å². The van der Waals surface area contributed by atoms with Crippen molar-refractivity contribution in [2.45, 2.75) is 44.2 Å². The number of ether oxygens (including phenoxy) is 1. The lowest BCUT2D eigenvalue weighted by Crippen LogP contribution is -2.52. The average molecular weight is 771 g/mol. The van der Waals surface area contributed by atoms with Crippen molar-refractivity contribution in [3.63, 3.8) is 0 Å². The van der Waals surface area contributed by atoms with Gasteiger partial charge in [0, 0.05) is 12.2 Å². The largest absolute Gasteiger partial charge is 0.466 e. The summed E-state index contributed by atoms with van der Waals surface area (Å²) in [7, 11) is 0. The molecule has 0 unspecified atom stereocenters. The maximum atomic E-state index is 16.8. The third-order valence-electron chi connectivity index (χ3n) is 11.2. The Morgan fingerprint density at radius 1 is 0.891 bits per heavy atom. The van der Waals surface area contributed by atoms with Crippen LogP contribution in [-0.4, -0.2) is 52.7 Å². The fourth-order valence-electron chi connectivity index (χ4n) is 8.83. The molecule has 0 spiro atoms. The Morgan fingerprint density at radius 2 is 1.51 bits per heavy atom. The van der Waals surface area contributed by atoms with Crippen molar-refractivity contribution in [2.75, 3.05) is 11.9 Å². The summed E-state index contributed by atoms with van der Waals surface area (Å²) in [4.78, 5) is 33.3. The van der Waals surface area contributed by atoms with Gasteiger partial charge in [-0.15, -0.1) is 5.10 Å². The molecule has 3 saturated carbocycles. The number of hydrogen-bond acceptors (Lipinski definition) is 10. The number of halogens is 2. The summed E-state index contributed by atoms with van der Waals surface area (Å²) < 4.78 is 28.5. The summed E-state index contributed by atoms with van der Waals surface area (Å²) in [5.74, 6) is -0.856. The number of aromatic nitrogens is 7. The second kappa shape index (κ2) is 14.6. The maximum absolute atomic E-state index is 16.8. The van der Waals surface area contributed by atoms with E-state index in [1.165, 1.54) is 12.4 Å². The smallest absolute Gasteiger partial charge is 0.311 e. The van der Waals surface area contributed by atoms with Gasteiger partial charge in [0.2, 0.25) is 0 Å². The van der Waals surface area contributed by atoms with Crippen LogP contribution in [-0.2, 0) is 15.1 Å². The van der Waals surface area contributed by atoms with E-state index in [1.807, 2.05) is 60.8 Å². The van der Waals surface area contributed by atoms with Crippen molar-refractivity contribution >= 4 is 46.1 Å². The minimum Gasteiger partial charge on any atom is -0.466 e. The zero-order valence-electron chi connectivity index (χ0n) is 29.8. The number of benzene rings is 3. The van der Waals surface area contributed by atoms with Gasteiger partial charge in [-0.1, -0.05) is 107 Å². The average Bonchev–Trinajstić information content (AvgIpc) is 3.90. The molecule has 2 atom stereocenters. The van der Waals surface area contributed by atoms with Gasteiger partial charge in [0.25, 0.3) is 0 Å². The van der Waals surface area contributed by atoms with Gasteiger partial charge < -0.3 is 14.6 Å². The Balaban J connectivity index is 1.29. The Morgan fingerprint density at radius 3 is 2.09 bits per heavy atom. The number of nitrogens with zero attached hydrogens (tertiary/aromatic N) is 7. The Kier molecular flexibility index (Phi) is 9.31. The molecule has 3 aliphatic carbocycles. The topological polar surface area (TPSA) is 121 Å². The molecule has 13 heteroatoms. The zero-order valence-corrected chi connectivity index (χ0v) is 31.4. The molecular weight excluding hydrogens is 735 g/mol. The Bertz CT molecular complexity index is 2360. The van der Waals surface area contributed by atoms with Gasteiger partial charge in [0.1, 0.15) is 21.9 Å². The lowest BCUT2D eigenvalue weighted by Gasteiger charge is -2.47. The molecule has 10 nitrogen and oxygen atoms in total. The summed E-state index contributed by atoms with van der Waals surface area (Å²) in [6.07, 6.45) is 8.69. The van der Waals surface area contributed by atoms with Crippen LogP contribution in [0, 0.1) is 23.6 Å². The van der Waals surface area contributed by atoms with Crippen LogP contribution >= 0.6 is 23.1 Å². The molecule has 1 N–H and O–H groups in total. The van der Waals surface area contributed by atoms with Gasteiger partial charge in [-0.05, 0) is 72.7 Å². The van der Waals surface area contributed by atoms with Crippen LogP contribution < -0.4 is 5.32 Å². The van der Waals surface area contributed by atoms with E-state index in [2.05, 4.69) is 55.9 Å². The molecule has 0 saturated heterocycles. The van der Waals surface area contributed by atoms with Crippen molar-refractivity contribution in [3.8, 4) is 22.0 Å². The van der Waals surface area contributed by atoms with E-state index >= 15 is 4.39 Å². The van der Waals surface area contributed by atoms with Gasteiger partial charge >= 0.3 is 5.97 Å². The van der Waals surface area contributed by atoms with Crippen molar-refractivity contribution in [2.24, 2.45) is 17.8 Å². The Labute approximate surface area is 326 Å². The number of rotatable bonds is 10.